The molecule has 1 aromatic carbocycles. The van der Waals surface area contributed by atoms with Crippen molar-refractivity contribution in [1.82, 2.24) is 5.32 Å². The molecule has 0 atom stereocenters. The molecule has 0 saturated carbocycles. The molecule has 0 spiro atoms. The molecule has 2 aromatic rings. The highest BCUT2D eigenvalue weighted by molar-refractivity contribution is 5.92. The summed E-state index contributed by atoms with van der Waals surface area (Å²) >= 11 is 0. The number of anilines is 2. The van der Waals surface area contributed by atoms with Gasteiger partial charge in [-0.2, -0.15) is 0 Å². The van der Waals surface area contributed by atoms with Crippen LogP contribution in [-0.2, 0) is 11.3 Å². The molecular weight excluding hydrogens is 258 g/mol. The summed E-state index contributed by atoms with van der Waals surface area (Å²) in [6.45, 7) is 1.74. The molecule has 0 aliphatic rings. The molecular formula is C14H15N3O3. The van der Waals surface area contributed by atoms with Crippen LogP contribution in [-0.4, -0.2) is 11.9 Å². The van der Waals surface area contributed by atoms with E-state index in [2.05, 4.69) is 16.0 Å². The fourth-order valence-corrected chi connectivity index (χ4v) is 1.63. The third kappa shape index (κ3) is 4.16. The van der Waals surface area contributed by atoms with E-state index in [1.165, 1.54) is 6.92 Å². The van der Waals surface area contributed by atoms with E-state index in [9.17, 15) is 9.59 Å². The summed E-state index contributed by atoms with van der Waals surface area (Å²) < 4.78 is 5.11. The van der Waals surface area contributed by atoms with Crippen molar-refractivity contribution in [3.63, 3.8) is 0 Å². The number of carbonyl (C=O) groups excluding carboxylic acids is 2. The first-order valence-electron chi connectivity index (χ1n) is 6.08. The minimum absolute atomic E-state index is 0.163. The van der Waals surface area contributed by atoms with Gasteiger partial charge in [0.05, 0.1) is 12.8 Å². The number of urea groups is 1. The minimum Gasteiger partial charge on any atom is -0.467 e. The van der Waals surface area contributed by atoms with Gasteiger partial charge in [-0.3, -0.25) is 4.79 Å². The van der Waals surface area contributed by atoms with Gasteiger partial charge >= 0.3 is 6.03 Å². The predicted molar refractivity (Wildman–Crippen MR) is 75.3 cm³/mol. The standard InChI is InChI=1S/C14H15N3O3/c1-10(18)16-11-4-2-5-12(8-11)17-14(19)15-9-13-6-3-7-20-13/h2-8H,9H2,1H3,(H,16,18)(H2,15,17,19). The lowest BCUT2D eigenvalue weighted by Gasteiger charge is -2.08. The smallest absolute Gasteiger partial charge is 0.319 e. The Morgan fingerprint density at radius 3 is 2.50 bits per heavy atom. The van der Waals surface area contributed by atoms with Gasteiger partial charge in [0, 0.05) is 18.3 Å². The van der Waals surface area contributed by atoms with Crippen LogP contribution in [0.2, 0.25) is 0 Å². The minimum atomic E-state index is -0.346. The molecule has 0 saturated heterocycles. The Hall–Kier alpha value is -2.76. The largest absolute Gasteiger partial charge is 0.467 e. The summed E-state index contributed by atoms with van der Waals surface area (Å²) in [4.78, 5) is 22.6. The van der Waals surface area contributed by atoms with Crippen LogP contribution in [0.5, 0.6) is 0 Å². The summed E-state index contributed by atoms with van der Waals surface area (Å²) in [5.74, 6) is 0.511. The fraction of sp³-hybridized carbons (Fsp3) is 0.143. The fourth-order valence-electron chi connectivity index (χ4n) is 1.63. The van der Waals surface area contributed by atoms with Gasteiger partial charge in [-0.15, -0.1) is 0 Å². The van der Waals surface area contributed by atoms with Gasteiger partial charge in [0.25, 0.3) is 0 Å². The molecule has 0 bridgehead atoms. The molecule has 0 unspecified atom stereocenters. The molecule has 0 aliphatic carbocycles. The van der Waals surface area contributed by atoms with Crippen molar-refractivity contribution in [2.45, 2.75) is 13.5 Å². The van der Waals surface area contributed by atoms with Crippen LogP contribution in [0.1, 0.15) is 12.7 Å². The molecule has 1 heterocycles. The van der Waals surface area contributed by atoms with Crippen molar-refractivity contribution in [2.75, 3.05) is 10.6 Å². The van der Waals surface area contributed by atoms with E-state index in [-0.39, 0.29) is 11.9 Å². The second-order valence-electron chi connectivity index (χ2n) is 4.15. The molecule has 20 heavy (non-hydrogen) atoms. The summed E-state index contributed by atoms with van der Waals surface area (Å²) in [5.41, 5.74) is 1.22. The summed E-state index contributed by atoms with van der Waals surface area (Å²) in [6, 6.07) is 10.1. The van der Waals surface area contributed by atoms with Crippen molar-refractivity contribution in [2.24, 2.45) is 0 Å². The highest BCUT2D eigenvalue weighted by Gasteiger charge is 2.04. The van der Waals surface area contributed by atoms with E-state index in [4.69, 9.17) is 4.42 Å². The van der Waals surface area contributed by atoms with Gasteiger partial charge in [-0.05, 0) is 30.3 Å². The SMILES string of the molecule is CC(=O)Nc1cccc(NC(=O)NCc2ccco2)c1. The maximum atomic E-state index is 11.7. The molecule has 3 N–H and O–H groups in total. The van der Waals surface area contributed by atoms with Crippen molar-refractivity contribution >= 4 is 23.3 Å². The molecule has 3 amide bonds. The predicted octanol–water partition coefficient (Wildman–Crippen LogP) is 2.56. The van der Waals surface area contributed by atoms with Gasteiger partial charge in [-0.25, -0.2) is 4.79 Å². The van der Waals surface area contributed by atoms with Crippen molar-refractivity contribution < 1.29 is 14.0 Å². The van der Waals surface area contributed by atoms with E-state index in [1.807, 2.05) is 0 Å². The maximum absolute atomic E-state index is 11.7. The second-order valence-corrected chi connectivity index (χ2v) is 4.15. The van der Waals surface area contributed by atoms with E-state index in [0.29, 0.717) is 23.7 Å². The van der Waals surface area contributed by atoms with E-state index in [1.54, 1.807) is 42.7 Å². The highest BCUT2D eigenvalue weighted by Crippen LogP contribution is 2.14. The molecule has 0 fully saturated rings. The summed E-state index contributed by atoms with van der Waals surface area (Å²) in [6.07, 6.45) is 1.55. The zero-order valence-electron chi connectivity index (χ0n) is 11.0. The van der Waals surface area contributed by atoms with Crippen LogP contribution in [0.4, 0.5) is 16.2 Å². The Balaban J connectivity index is 1.88. The average Bonchev–Trinajstić information content (AvgIpc) is 2.89. The number of amides is 3. The first-order chi connectivity index (χ1) is 9.63. The Morgan fingerprint density at radius 1 is 1.10 bits per heavy atom. The quantitative estimate of drug-likeness (QED) is 0.800. The highest BCUT2D eigenvalue weighted by atomic mass is 16.3. The van der Waals surface area contributed by atoms with Crippen LogP contribution in [0, 0.1) is 0 Å². The Kier molecular flexibility index (Phi) is 4.39. The van der Waals surface area contributed by atoms with Crippen LogP contribution < -0.4 is 16.0 Å². The maximum Gasteiger partial charge on any atom is 0.319 e. The number of hydrogen-bond acceptors (Lipinski definition) is 3. The van der Waals surface area contributed by atoms with Crippen molar-refractivity contribution in [1.29, 1.82) is 0 Å². The first-order valence-corrected chi connectivity index (χ1v) is 6.08. The van der Waals surface area contributed by atoms with Crippen molar-refractivity contribution in [3.8, 4) is 0 Å². The number of nitrogens with one attached hydrogen (secondary N) is 3. The van der Waals surface area contributed by atoms with Gasteiger partial charge in [0.2, 0.25) is 5.91 Å². The average molecular weight is 273 g/mol. The number of benzene rings is 1. The number of hydrogen-bond donors (Lipinski definition) is 3. The zero-order chi connectivity index (χ0) is 14.4. The van der Waals surface area contributed by atoms with Crippen LogP contribution >= 0.6 is 0 Å². The number of carbonyl (C=O) groups is 2. The van der Waals surface area contributed by atoms with E-state index < -0.39 is 0 Å². The third-order valence-electron chi connectivity index (χ3n) is 2.44. The van der Waals surface area contributed by atoms with Gasteiger partial charge in [-0.1, -0.05) is 6.07 Å². The van der Waals surface area contributed by atoms with Crippen LogP contribution in [0.15, 0.2) is 47.1 Å². The normalized spacial score (nSPS) is 9.85. The molecule has 6 heteroatoms. The third-order valence-corrected chi connectivity index (χ3v) is 2.44. The number of furan rings is 1. The second kappa shape index (κ2) is 6.42. The molecule has 2 rings (SSSR count). The molecule has 0 radical (unpaired) electrons. The Labute approximate surface area is 116 Å². The lowest BCUT2D eigenvalue weighted by atomic mass is 10.3. The van der Waals surface area contributed by atoms with Gasteiger partial charge in [0.15, 0.2) is 0 Å². The van der Waals surface area contributed by atoms with E-state index >= 15 is 0 Å². The van der Waals surface area contributed by atoms with Gasteiger partial charge < -0.3 is 20.4 Å². The van der Waals surface area contributed by atoms with Gasteiger partial charge in [0.1, 0.15) is 5.76 Å². The summed E-state index contributed by atoms with van der Waals surface area (Å²) in [5, 5.41) is 7.98. The first kappa shape index (κ1) is 13.7. The Bertz CT molecular complexity index is 593. The monoisotopic (exact) mass is 273 g/mol. The zero-order valence-corrected chi connectivity index (χ0v) is 11.0. The van der Waals surface area contributed by atoms with Crippen molar-refractivity contribution in [3.05, 3.63) is 48.4 Å². The molecule has 1 aromatic heterocycles. The van der Waals surface area contributed by atoms with Crippen LogP contribution in [0.3, 0.4) is 0 Å². The topological polar surface area (TPSA) is 83.4 Å². The molecule has 0 aliphatic heterocycles. The van der Waals surface area contributed by atoms with Crippen LogP contribution in [0.25, 0.3) is 0 Å². The molecule has 104 valence electrons. The van der Waals surface area contributed by atoms with E-state index in [0.717, 1.165) is 0 Å². The summed E-state index contributed by atoms with van der Waals surface area (Å²) in [7, 11) is 0. The molecule has 6 nitrogen and oxygen atoms in total. The lowest BCUT2D eigenvalue weighted by molar-refractivity contribution is -0.114. The Morgan fingerprint density at radius 2 is 1.85 bits per heavy atom. The lowest BCUT2D eigenvalue weighted by Crippen LogP contribution is -2.28. The number of rotatable bonds is 4.